The molecular formula is C21H31N5. The molecule has 2 aromatic rings. The molecule has 0 spiro atoms. The van der Waals surface area contributed by atoms with E-state index in [0.29, 0.717) is 5.92 Å². The first-order valence-electron chi connectivity index (χ1n) is 9.35. The van der Waals surface area contributed by atoms with Crippen LogP contribution in [0.1, 0.15) is 36.8 Å². The summed E-state index contributed by atoms with van der Waals surface area (Å²) < 4.78 is 0. The molecule has 0 amide bonds. The highest BCUT2D eigenvalue weighted by atomic mass is 15.2. The van der Waals surface area contributed by atoms with Gasteiger partial charge < -0.3 is 16.0 Å². The molecule has 0 saturated heterocycles. The lowest BCUT2D eigenvalue weighted by Crippen LogP contribution is -2.39. The van der Waals surface area contributed by atoms with E-state index in [-0.39, 0.29) is 0 Å². The SMILES string of the molecule is CN=C(NCCCCNc1ccccn1)NCC(C)c1cccc(C)c1. The lowest BCUT2D eigenvalue weighted by molar-refractivity contribution is 0.679. The number of benzene rings is 1. The molecule has 1 atom stereocenters. The Kier molecular flexibility index (Phi) is 8.46. The summed E-state index contributed by atoms with van der Waals surface area (Å²) in [6.45, 7) is 7.06. The Hall–Kier alpha value is -2.56. The molecule has 0 fully saturated rings. The molecule has 5 heteroatoms. The van der Waals surface area contributed by atoms with E-state index in [0.717, 1.165) is 44.3 Å². The van der Waals surface area contributed by atoms with Gasteiger partial charge >= 0.3 is 0 Å². The van der Waals surface area contributed by atoms with Crippen LogP contribution >= 0.6 is 0 Å². The normalized spacial score (nSPS) is 12.5. The summed E-state index contributed by atoms with van der Waals surface area (Å²) in [5.74, 6) is 2.24. The van der Waals surface area contributed by atoms with Crippen molar-refractivity contribution in [2.24, 2.45) is 4.99 Å². The fraction of sp³-hybridized carbons (Fsp3) is 0.429. The highest BCUT2D eigenvalue weighted by Gasteiger charge is 2.06. The maximum absolute atomic E-state index is 4.31. The fourth-order valence-electron chi connectivity index (χ4n) is 2.71. The van der Waals surface area contributed by atoms with E-state index in [9.17, 15) is 0 Å². The standard InChI is InChI=1S/C21H31N5/c1-17-9-8-10-19(15-17)18(2)16-26-21(22-3)25-14-7-6-13-24-20-11-4-5-12-23-20/h4-5,8-12,15,18H,6-7,13-14,16H2,1-3H3,(H,23,24)(H2,22,25,26). The Morgan fingerprint density at radius 1 is 1.08 bits per heavy atom. The van der Waals surface area contributed by atoms with Gasteiger partial charge in [0.05, 0.1) is 0 Å². The number of unbranched alkanes of at least 4 members (excludes halogenated alkanes) is 1. The number of hydrogen-bond acceptors (Lipinski definition) is 3. The summed E-state index contributed by atoms with van der Waals surface area (Å²) in [6.07, 6.45) is 3.96. The maximum atomic E-state index is 4.31. The van der Waals surface area contributed by atoms with Gasteiger partial charge in [-0.3, -0.25) is 4.99 Å². The van der Waals surface area contributed by atoms with Crippen molar-refractivity contribution in [2.45, 2.75) is 32.6 Å². The number of aromatic nitrogens is 1. The van der Waals surface area contributed by atoms with E-state index in [1.54, 1.807) is 6.20 Å². The van der Waals surface area contributed by atoms with Crippen LogP contribution in [-0.4, -0.2) is 37.6 Å². The first-order valence-corrected chi connectivity index (χ1v) is 9.35. The highest BCUT2D eigenvalue weighted by Crippen LogP contribution is 2.15. The number of aryl methyl sites for hydroxylation is 1. The predicted octanol–water partition coefficient (Wildman–Crippen LogP) is 3.55. The van der Waals surface area contributed by atoms with Crippen molar-refractivity contribution in [1.82, 2.24) is 15.6 Å². The molecule has 1 heterocycles. The number of pyridine rings is 1. The van der Waals surface area contributed by atoms with Crippen LogP contribution in [0.5, 0.6) is 0 Å². The molecule has 26 heavy (non-hydrogen) atoms. The van der Waals surface area contributed by atoms with Crippen molar-refractivity contribution in [1.29, 1.82) is 0 Å². The van der Waals surface area contributed by atoms with Gasteiger partial charge in [0.15, 0.2) is 5.96 Å². The Morgan fingerprint density at radius 2 is 1.92 bits per heavy atom. The molecule has 1 aromatic carbocycles. The third-order valence-electron chi connectivity index (χ3n) is 4.28. The fourth-order valence-corrected chi connectivity index (χ4v) is 2.71. The maximum Gasteiger partial charge on any atom is 0.190 e. The minimum absolute atomic E-state index is 0.441. The van der Waals surface area contributed by atoms with E-state index < -0.39 is 0 Å². The Labute approximate surface area is 157 Å². The number of nitrogens with one attached hydrogen (secondary N) is 3. The summed E-state index contributed by atoms with van der Waals surface area (Å²) in [7, 11) is 1.81. The van der Waals surface area contributed by atoms with Crippen LogP contribution in [0.25, 0.3) is 0 Å². The second kappa shape index (κ2) is 11.1. The van der Waals surface area contributed by atoms with E-state index in [1.807, 2.05) is 25.2 Å². The third kappa shape index (κ3) is 7.13. The monoisotopic (exact) mass is 353 g/mol. The molecule has 0 aliphatic carbocycles. The topological polar surface area (TPSA) is 61.3 Å². The molecule has 0 bridgehead atoms. The first-order chi connectivity index (χ1) is 12.7. The summed E-state index contributed by atoms with van der Waals surface area (Å²) in [6, 6.07) is 14.6. The smallest absolute Gasteiger partial charge is 0.190 e. The van der Waals surface area contributed by atoms with E-state index in [1.165, 1.54) is 11.1 Å². The van der Waals surface area contributed by atoms with Gasteiger partial charge in [0.1, 0.15) is 5.82 Å². The molecule has 3 N–H and O–H groups in total. The average Bonchev–Trinajstić information content (AvgIpc) is 2.67. The van der Waals surface area contributed by atoms with Crippen LogP contribution < -0.4 is 16.0 Å². The van der Waals surface area contributed by atoms with Crippen molar-refractivity contribution in [2.75, 3.05) is 32.0 Å². The largest absolute Gasteiger partial charge is 0.370 e. The van der Waals surface area contributed by atoms with E-state index in [4.69, 9.17) is 0 Å². The summed E-state index contributed by atoms with van der Waals surface area (Å²) in [5.41, 5.74) is 2.66. The second-order valence-electron chi connectivity index (χ2n) is 6.54. The molecule has 1 unspecified atom stereocenters. The molecule has 0 saturated carbocycles. The van der Waals surface area contributed by atoms with Crippen molar-refractivity contribution >= 4 is 11.8 Å². The van der Waals surface area contributed by atoms with Gasteiger partial charge in [0.2, 0.25) is 0 Å². The van der Waals surface area contributed by atoms with E-state index in [2.05, 4.69) is 64.0 Å². The zero-order valence-corrected chi connectivity index (χ0v) is 16.1. The summed E-state index contributed by atoms with van der Waals surface area (Å²) >= 11 is 0. The highest BCUT2D eigenvalue weighted by molar-refractivity contribution is 5.79. The molecule has 140 valence electrons. The average molecular weight is 354 g/mol. The quantitative estimate of drug-likeness (QED) is 0.366. The predicted molar refractivity (Wildman–Crippen MR) is 111 cm³/mol. The van der Waals surface area contributed by atoms with Gasteiger partial charge in [-0.2, -0.15) is 0 Å². The zero-order valence-electron chi connectivity index (χ0n) is 16.1. The molecule has 0 radical (unpaired) electrons. The van der Waals surface area contributed by atoms with Crippen LogP contribution in [0.15, 0.2) is 53.7 Å². The second-order valence-corrected chi connectivity index (χ2v) is 6.54. The van der Waals surface area contributed by atoms with Crippen LogP contribution in [0, 0.1) is 6.92 Å². The number of nitrogens with zero attached hydrogens (tertiary/aromatic N) is 2. The van der Waals surface area contributed by atoms with Gasteiger partial charge in [-0.25, -0.2) is 4.98 Å². The third-order valence-corrected chi connectivity index (χ3v) is 4.28. The number of hydrogen-bond donors (Lipinski definition) is 3. The van der Waals surface area contributed by atoms with Crippen molar-refractivity contribution < 1.29 is 0 Å². The van der Waals surface area contributed by atoms with Crippen molar-refractivity contribution in [3.63, 3.8) is 0 Å². The van der Waals surface area contributed by atoms with Gasteiger partial charge in [-0.05, 0) is 43.4 Å². The zero-order chi connectivity index (χ0) is 18.6. The van der Waals surface area contributed by atoms with Crippen LogP contribution in [-0.2, 0) is 0 Å². The summed E-state index contributed by atoms with van der Waals surface area (Å²) in [4.78, 5) is 8.56. The van der Waals surface area contributed by atoms with Gasteiger partial charge in [-0.1, -0.05) is 42.8 Å². The number of anilines is 1. The molecule has 0 aliphatic rings. The Morgan fingerprint density at radius 3 is 2.65 bits per heavy atom. The molecule has 0 aliphatic heterocycles. The van der Waals surface area contributed by atoms with Crippen LogP contribution in [0.4, 0.5) is 5.82 Å². The number of aliphatic imine (C=N–C) groups is 1. The Bertz CT molecular complexity index is 669. The lowest BCUT2D eigenvalue weighted by atomic mass is 9.99. The first kappa shape index (κ1) is 19.8. The molecule has 5 nitrogen and oxygen atoms in total. The Balaban J connectivity index is 1.60. The lowest BCUT2D eigenvalue weighted by Gasteiger charge is -2.17. The van der Waals surface area contributed by atoms with Crippen molar-refractivity contribution in [3.05, 3.63) is 59.8 Å². The number of rotatable bonds is 9. The van der Waals surface area contributed by atoms with Gasteiger partial charge in [0, 0.05) is 32.9 Å². The number of guanidine groups is 1. The van der Waals surface area contributed by atoms with Crippen LogP contribution in [0.2, 0.25) is 0 Å². The molecule has 1 aromatic heterocycles. The van der Waals surface area contributed by atoms with E-state index >= 15 is 0 Å². The van der Waals surface area contributed by atoms with Crippen molar-refractivity contribution in [3.8, 4) is 0 Å². The van der Waals surface area contributed by atoms with Gasteiger partial charge in [-0.15, -0.1) is 0 Å². The van der Waals surface area contributed by atoms with Gasteiger partial charge in [0.25, 0.3) is 0 Å². The molecule has 2 rings (SSSR count). The summed E-state index contributed by atoms with van der Waals surface area (Å²) in [5, 5.41) is 10.1. The minimum Gasteiger partial charge on any atom is -0.370 e. The minimum atomic E-state index is 0.441. The van der Waals surface area contributed by atoms with Crippen LogP contribution in [0.3, 0.4) is 0 Å². The molecular weight excluding hydrogens is 322 g/mol.